The molecule has 9 nitrogen and oxygen atoms in total. The average molecular weight is 536 g/mol. The number of rotatable bonds is 8. The number of ether oxygens (including phenoxy) is 1. The van der Waals surface area contributed by atoms with Crippen molar-refractivity contribution in [3.63, 3.8) is 0 Å². The van der Waals surface area contributed by atoms with Gasteiger partial charge in [-0.15, -0.1) is 0 Å². The van der Waals surface area contributed by atoms with E-state index in [9.17, 15) is 14.7 Å². The lowest BCUT2D eigenvalue weighted by Crippen LogP contribution is -2.43. The van der Waals surface area contributed by atoms with Crippen LogP contribution in [0.25, 0.3) is 11.3 Å². The molecule has 0 radical (unpaired) electrons. The molecule has 2 aromatic carbocycles. The summed E-state index contributed by atoms with van der Waals surface area (Å²) in [5, 5.41) is 13.4. The highest BCUT2D eigenvalue weighted by atomic mass is 35.5. The first kappa shape index (κ1) is 26.1. The quantitative estimate of drug-likeness (QED) is 0.455. The number of aliphatic hydroxyl groups excluding tert-OH is 1. The Morgan fingerprint density at radius 1 is 1.24 bits per heavy atom. The maximum atomic E-state index is 13.1. The molecule has 3 aromatic rings. The zero-order valence-corrected chi connectivity index (χ0v) is 21.9. The number of anilines is 1. The highest BCUT2D eigenvalue weighted by Gasteiger charge is 2.32. The summed E-state index contributed by atoms with van der Waals surface area (Å²) >= 11 is 6.58. The van der Waals surface area contributed by atoms with Gasteiger partial charge in [0, 0.05) is 50.4 Å². The number of carbonyl (C=O) groups excluding carboxylic acids is 2. The van der Waals surface area contributed by atoms with Crippen LogP contribution in [0, 0.1) is 0 Å². The summed E-state index contributed by atoms with van der Waals surface area (Å²) in [6, 6.07) is 15.9. The van der Waals surface area contributed by atoms with Crippen LogP contribution < -0.4 is 10.2 Å². The summed E-state index contributed by atoms with van der Waals surface area (Å²) in [5.74, 6) is -0.0101. The summed E-state index contributed by atoms with van der Waals surface area (Å²) in [4.78, 5) is 37.3. The van der Waals surface area contributed by atoms with E-state index in [0.29, 0.717) is 47.6 Å². The molecule has 38 heavy (non-hydrogen) atoms. The van der Waals surface area contributed by atoms with Gasteiger partial charge in [-0.3, -0.25) is 9.59 Å². The fraction of sp³-hybridized carbons (Fsp3) is 0.357. The number of nitrogens with one attached hydrogen (secondary N) is 1. The van der Waals surface area contributed by atoms with Gasteiger partial charge >= 0.3 is 0 Å². The first-order chi connectivity index (χ1) is 18.4. The molecule has 2 aliphatic rings. The van der Waals surface area contributed by atoms with Gasteiger partial charge in [0.1, 0.15) is 6.23 Å². The number of aliphatic hydroxyl groups is 1. The minimum absolute atomic E-state index is 0.0352. The molecule has 1 fully saturated rings. The Hall–Kier alpha value is -3.53. The summed E-state index contributed by atoms with van der Waals surface area (Å²) in [6.45, 7) is 3.61. The molecule has 0 saturated carbocycles. The van der Waals surface area contributed by atoms with Crippen LogP contribution in [0.3, 0.4) is 0 Å². The number of halogens is 1. The van der Waals surface area contributed by atoms with Gasteiger partial charge in [0.2, 0.25) is 11.9 Å². The van der Waals surface area contributed by atoms with Crippen molar-refractivity contribution in [3.05, 3.63) is 76.4 Å². The van der Waals surface area contributed by atoms with E-state index in [1.807, 2.05) is 30.3 Å². The third-order valence-corrected chi connectivity index (χ3v) is 7.20. The predicted octanol–water partition coefficient (Wildman–Crippen LogP) is 3.39. The number of carbonyl (C=O) groups is 2. The molecule has 0 bridgehead atoms. The first-order valence-electron chi connectivity index (χ1n) is 12.7. The van der Waals surface area contributed by atoms with Crippen molar-refractivity contribution < 1.29 is 19.4 Å². The first-order valence-corrected chi connectivity index (χ1v) is 13.1. The Morgan fingerprint density at radius 3 is 2.74 bits per heavy atom. The highest BCUT2D eigenvalue weighted by molar-refractivity contribution is 6.33. The van der Waals surface area contributed by atoms with Crippen LogP contribution in [0.5, 0.6) is 0 Å². The molecule has 2 N–H and O–H groups in total. The van der Waals surface area contributed by atoms with Gasteiger partial charge in [-0.2, -0.15) is 0 Å². The third-order valence-electron chi connectivity index (χ3n) is 6.92. The molecule has 3 heterocycles. The Balaban J connectivity index is 1.44. The monoisotopic (exact) mass is 535 g/mol. The zero-order chi connectivity index (χ0) is 26.6. The highest BCUT2D eigenvalue weighted by Crippen LogP contribution is 2.33. The van der Waals surface area contributed by atoms with Gasteiger partial charge in [0.25, 0.3) is 5.91 Å². The second-order valence-electron chi connectivity index (χ2n) is 9.55. The summed E-state index contributed by atoms with van der Waals surface area (Å²) in [5.41, 5.74) is 3.65. The summed E-state index contributed by atoms with van der Waals surface area (Å²) in [7, 11) is 0. The summed E-state index contributed by atoms with van der Waals surface area (Å²) < 4.78 is 5.59. The molecule has 0 aliphatic carbocycles. The lowest BCUT2D eigenvalue weighted by molar-refractivity contribution is -0.120. The van der Waals surface area contributed by atoms with Crippen molar-refractivity contribution in [3.8, 4) is 11.3 Å². The number of hydrogen-bond acceptors (Lipinski definition) is 7. The normalized spacial score (nSPS) is 16.3. The molecule has 198 valence electrons. The molecule has 10 heteroatoms. The minimum atomic E-state index is -1.12. The molecule has 2 amide bonds. The molecule has 1 atom stereocenters. The molecule has 2 aliphatic heterocycles. The maximum absolute atomic E-state index is 13.1. The van der Waals surface area contributed by atoms with E-state index < -0.39 is 6.23 Å². The molecule has 1 aromatic heterocycles. The van der Waals surface area contributed by atoms with Gasteiger partial charge < -0.3 is 25.0 Å². The van der Waals surface area contributed by atoms with Gasteiger partial charge in [-0.1, -0.05) is 54.1 Å². The van der Waals surface area contributed by atoms with Gasteiger partial charge in [-0.05, 0) is 30.0 Å². The molecule has 0 spiro atoms. The Kier molecular flexibility index (Phi) is 7.87. The van der Waals surface area contributed by atoms with Gasteiger partial charge in [0.05, 0.1) is 23.5 Å². The Morgan fingerprint density at radius 2 is 2.00 bits per heavy atom. The van der Waals surface area contributed by atoms with E-state index in [4.69, 9.17) is 21.3 Å². The zero-order valence-electron chi connectivity index (χ0n) is 21.1. The Labute approximate surface area is 226 Å². The van der Waals surface area contributed by atoms with Crippen molar-refractivity contribution >= 4 is 29.4 Å². The van der Waals surface area contributed by atoms with Crippen molar-refractivity contribution in [1.82, 2.24) is 20.2 Å². The average Bonchev–Trinajstić information content (AvgIpc) is 3.27. The summed E-state index contributed by atoms with van der Waals surface area (Å²) in [6.07, 6.45) is 2.23. The second-order valence-corrected chi connectivity index (χ2v) is 9.95. The molecule has 1 unspecified atom stereocenters. The second kappa shape index (κ2) is 11.5. The number of benzene rings is 2. The van der Waals surface area contributed by atoms with Crippen molar-refractivity contribution in [2.45, 2.75) is 45.1 Å². The SMILES string of the molecule is CC(=O)NCC(O)N1Cc2ccc(-c3nc(N(Cc4ccccc4)C4CCOCC4)ncc3Cl)cc2C1=O. The van der Waals surface area contributed by atoms with E-state index in [1.165, 1.54) is 11.8 Å². The molecule has 1 saturated heterocycles. The van der Waals surface area contributed by atoms with Crippen LogP contribution in [0.15, 0.2) is 54.7 Å². The van der Waals surface area contributed by atoms with Gasteiger partial charge in [-0.25, -0.2) is 9.97 Å². The number of hydrogen-bond donors (Lipinski definition) is 2. The van der Waals surface area contributed by atoms with E-state index in [-0.39, 0.29) is 30.9 Å². The fourth-order valence-electron chi connectivity index (χ4n) is 4.90. The number of aromatic nitrogens is 2. The van der Waals surface area contributed by atoms with Crippen LogP contribution in [-0.4, -0.2) is 63.8 Å². The fourth-order valence-corrected chi connectivity index (χ4v) is 5.10. The van der Waals surface area contributed by atoms with Crippen LogP contribution in [0.1, 0.15) is 41.3 Å². The van der Waals surface area contributed by atoms with E-state index in [2.05, 4.69) is 27.3 Å². The van der Waals surface area contributed by atoms with Crippen molar-refractivity contribution in [1.29, 1.82) is 0 Å². The van der Waals surface area contributed by atoms with Crippen LogP contribution >= 0.6 is 11.6 Å². The maximum Gasteiger partial charge on any atom is 0.256 e. The van der Waals surface area contributed by atoms with E-state index in [1.54, 1.807) is 12.3 Å². The van der Waals surface area contributed by atoms with Crippen LogP contribution in [-0.2, 0) is 22.6 Å². The lowest BCUT2D eigenvalue weighted by Gasteiger charge is -2.34. The van der Waals surface area contributed by atoms with Crippen LogP contribution in [0.2, 0.25) is 5.02 Å². The standard InChI is InChI=1S/C28H30ClN5O4/c1-18(35)30-15-25(36)34-17-21-8-7-20(13-23(21)27(34)37)26-24(29)14-31-28(32-26)33(22-9-11-38-12-10-22)16-19-5-3-2-4-6-19/h2-8,13-14,22,25,36H,9-12,15-17H2,1H3,(H,30,35). The number of nitrogens with zero attached hydrogens (tertiary/aromatic N) is 4. The van der Waals surface area contributed by atoms with Crippen LogP contribution in [0.4, 0.5) is 5.95 Å². The predicted molar refractivity (Wildman–Crippen MR) is 144 cm³/mol. The largest absolute Gasteiger partial charge is 0.381 e. The smallest absolute Gasteiger partial charge is 0.256 e. The Bertz CT molecular complexity index is 1320. The van der Waals surface area contributed by atoms with E-state index in [0.717, 1.165) is 24.0 Å². The minimum Gasteiger partial charge on any atom is -0.381 e. The topological polar surface area (TPSA) is 108 Å². The number of amides is 2. The number of fused-ring (bicyclic) bond motifs is 1. The lowest BCUT2D eigenvalue weighted by atomic mass is 10.0. The molecule has 5 rings (SSSR count). The van der Waals surface area contributed by atoms with E-state index >= 15 is 0 Å². The third kappa shape index (κ3) is 5.65. The molecular formula is C28H30ClN5O4. The van der Waals surface area contributed by atoms with Crippen molar-refractivity contribution in [2.75, 3.05) is 24.7 Å². The molecular weight excluding hydrogens is 506 g/mol. The van der Waals surface area contributed by atoms with Crippen molar-refractivity contribution in [2.24, 2.45) is 0 Å². The van der Waals surface area contributed by atoms with Gasteiger partial charge in [0.15, 0.2) is 0 Å².